The number of hydrogen-bond acceptors (Lipinski definition) is 5. The van der Waals surface area contributed by atoms with Gasteiger partial charge in [-0.3, -0.25) is 0 Å². The smallest absolute Gasteiger partial charge is 0.340 e. The lowest BCUT2D eigenvalue weighted by Gasteiger charge is -2.13. The topological polar surface area (TPSA) is 98.5 Å². The molecule has 0 spiro atoms. The zero-order chi connectivity index (χ0) is 15.3. The minimum absolute atomic E-state index is 0.0425. The van der Waals surface area contributed by atoms with E-state index in [2.05, 4.69) is 10.1 Å². The molecule has 112 valence electrons. The fraction of sp³-hybridized carbons (Fsp3) is 0.417. The summed E-state index contributed by atoms with van der Waals surface area (Å²) in [5, 5.41) is 8.04. The molecule has 1 aromatic rings. The molecule has 6 nitrogen and oxygen atoms in total. The molecule has 0 aliphatic rings. The van der Waals surface area contributed by atoms with E-state index in [9.17, 15) is 13.2 Å². The van der Waals surface area contributed by atoms with E-state index in [4.69, 9.17) is 16.7 Å². The summed E-state index contributed by atoms with van der Waals surface area (Å²) in [7, 11) is -2.80. The third-order valence-corrected chi connectivity index (χ3v) is 4.01. The van der Waals surface area contributed by atoms with Gasteiger partial charge < -0.3 is 10.1 Å². The Bertz CT molecular complexity index is 602. The molecule has 1 aromatic carbocycles. The number of primary sulfonamides is 1. The molecule has 0 bridgehead atoms. The number of carbonyl (C=O) groups is 1. The number of nitrogens with one attached hydrogen (secondary N) is 1. The summed E-state index contributed by atoms with van der Waals surface area (Å²) in [5.41, 5.74) is 0.500. The largest absolute Gasteiger partial charge is 0.465 e. The minimum atomic E-state index is -4.01. The van der Waals surface area contributed by atoms with Crippen LogP contribution in [-0.2, 0) is 14.8 Å². The van der Waals surface area contributed by atoms with Crippen LogP contribution in [0.1, 0.15) is 30.1 Å². The Morgan fingerprint density at radius 2 is 2.10 bits per heavy atom. The molecule has 0 aromatic heterocycles. The Kier molecular flexibility index (Phi) is 5.79. The number of sulfonamides is 1. The second-order valence-corrected chi connectivity index (χ2v) is 6.08. The fourth-order valence-corrected chi connectivity index (χ4v) is 2.70. The Hall–Kier alpha value is -1.31. The van der Waals surface area contributed by atoms with E-state index in [0.717, 1.165) is 18.9 Å². The first-order valence-corrected chi connectivity index (χ1v) is 7.92. The van der Waals surface area contributed by atoms with E-state index < -0.39 is 16.0 Å². The summed E-state index contributed by atoms with van der Waals surface area (Å²) < 4.78 is 27.5. The van der Waals surface area contributed by atoms with E-state index in [1.54, 1.807) is 0 Å². The zero-order valence-corrected chi connectivity index (χ0v) is 12.8. The number of methoxy groups -OCH3 is 1. The van der Waals surface area contributed by atoms with Crippen molar-refractivity contribution in [1.82, 2.24) is 0 Å². The quantitative estimate of drug-likeness (QED) is 0.617. The molecular weight excluding hydrogens is 304 g/mol. The standard InChI is InChI=1S/C12H17ClN2O4S/c1-3-4-5-15-10-7-9(13)11(20(14,17)18)6-8(10)12(16)19-2/h6-7,15H,3-5H2,1-2H3,(H2,14,17,18). The van der Waals surface area contributed by atoms with Crippen LogP contribution in [0.25, 0.3) is 0 Å². The number of rotatable bonds is 6. The SMILES string of the molecule is CCCCNc1cc(Cl)c(S(N)(=O)=O)cc1C(=O)OC. The Labute approximate surface area is 123 Å². The van der Waals surface area contributed by atoms with Gasteiger partial charge in [0.15, 0.2) is 0 Å². The van der Waals surface area contributed by atoms with Crippen molar-refractivity contribution in [2.24, 2.45) is 5.14 Å². The van der Waals surface area contributed by atoms with Crippen LogP contribution in [0, 0.1) is 0 Å². The van der Waals surface area contributed by atoms with Crippen LogP contribution in [0.2, 0.25) is 5.02 Å². The van der Waals surface area contributed by atoms with Gasteiger partial charge in [0.2, 0.25) is 10.0 Å². The van der Waals surface area contributed by atoms with Gasteiger partial charge in [-0.05, 0) is 18.6 Å². The molecule has 0 aliphatic carbocycles. The lowest BCUT2D eigenvalue weighted by atomic mass is 10.1. The van der Waals surface area contributed by atoms with Gasteiger partial charge in [-0.25, -0.2) is 18.4 Å². The maximum Gasteiger partial charge on any atom is 0.340 e. The molecule has 0 saturated heterocycles. The molecular formula is C12H17ClN2O4S. The highest BCUT2D eigenvalue weighted by Crippen LogP contribution is 2.28. The monoisotopic (exact) mass is 320 g/mol. The first kappa shape index (κ1) is 16.7. The number of ether oxygens (including phenoxy) is 1. The lowest BCUT2D eigenvalue weighted by molar-refractivity contribution is 0.0601. The van der Waals surface area contributed by atoms with E-state index in [1.807, 2.05) is 6.92 Å². The fourth-order valence-electron chi connectivity index (χ4n) is 1.60. The number of unbranched alkanes of at least 4 members (excludes halogenated alkanes) is 1. The molecule has 1 rings (SSSR count). The van der Waals surface area contributed by atoms with Crippen molar-refractivity contribution in [3.63, 3.8) is 0 Å². The average Bonchev–Trinajstić information content (AvgIpc) is 2.37. The van der Waals surface area contributed by atoms with Gasteiger partial charge in [-0.2, -0.15) is 0 Å². The van der Waals surface area contributed by atoms with Crippen LogP contribution in [-0.4, -0.2) is 28.0 Å². The highest BCUT2D eigenvalue weighted by atomic mass is 35.5. The van der Waals surface area contributed by atoms with E-state index >= 15 is 0 Å². The predicted molar refractivity (Wildman–Crippen MR) is 77.6 cm³/mol. The third-order valence-electron chi connectivity index (χ3n) is 2.63. The van der Waals surface area contributed by atoms with Crippen LogP contribution in [0.3, 0.4) is 0 Å². The number of benzene rings is 1. The third kappa shape index (κ3) is 4.09. The van der Waals surface area contributed by atoms with Crippen molar-refractivity contribution in [2.45, 2.75) is 24.7 Å². The summed E-state index contributed by atoms with van der Waals surface area (Å²) in [6, 6.07) is 2.49. The van der Waals surface area contributed by atoms with Crippen molar-refractivity contribution < 1.29 is 17.9 Å². The molecule has 0 saturated carbocycles. The minimum Gasteiger partial charge on any atom is -0.465 e. The first-order chi connectivity index (χ1) is 9.31. The van der Waals surface area contributed by atoms with Gasteiger partial charge in [0.1, 0.15) is 4.90 Å². The number of anilines is 1. The van der Waals surface area contributed by atoms with E-state index in [0.29, 0.717) is 12.2 Å². The molecule has 0 fully saturated rings. The number of nitrogens with two attached hydrogens (primary N) is 1. The number of halogens is 1. The van der Waals surface area contributed by atoms with Gasteiger partial charge in [0.25, 0.3) is 0 Å². The van der Waals surface area contributed by atoms with Gasteiger partial charge in [0.05, 0.1) is 23.4 Å². The molecule has 20 heavy (non-hydrogen) atoms. The summed E-state index contributed by atoms with van der Waals surface area (Å²) in [6.07, 6.45) is 1.87. The molecule has 8 heteroatoms. The van der Waals surface area contributed by atoms with Crippen LogP contribution in [0.15, 0.2) is 17.0 Å². The van der Waals surface area contributed by atoms with Crippen LogP contribution < -0.4 is 10.5 Å². The Morgan fingerprint density at radius 3 is 2.60 bits per heavy atom. The molecule has 0 amide bonds. The van der Waals surface area contributed by atoms with Crippen LogP contribution >= 0.6 is 11.6 Å². The van der Waals surface area contributed by atoms with E-state index in [-0.39, 0.29) is 15.5 Å². The van der Waals surface area contributed by atoms with Crippen molar-refractivity contribution >= 4 is 33.3 Å². The van der Waals surface area contributed by atoms with Crippen molar-refractivity contribution in [1.29, 1.82) is 0 Å². The Morgan fingerprint density at radius 1 is 1.45 bits per heavy atom. The van der Waals surface area contributed by atoms with Gasteiger partial charge in [-0.15, -0.1) is 0 Å². The Balaban J connectivity index is 3.30. The molecule has 0 atom stereocenters. The summed E-state index contributed by atoms with van der Waals surface area (Å²) in [5.74, 6) is -0.662. The van der Waals surface area contributed by atoms with Gasteiger partial charge >= 0.3 is 5.97 Å². The second-order valence-electron chi connectivity index (χ2n) is 4.15. The molecule has 3 N–H and O–H groups in total. The molecule has 0 radical (unpaired) electrons. The normalized spacial score (nSPS) is 11.2. The summed E-state index contributed by atoms with van der Waals surface area (Å²) >= 11 is 5.90. The predicted octanol–water partition coefficient (Wildman–Crippen LogP) is 1.99. The van der Waals surface area contributed by atoms with Crippen LogP contribution in [0.4, 0.5) is 5.69 Å². The first-order valence-electron chi connectivity index (χ1n) is 5.99. The maximum absolute atomic E-state index is 11.7. The molecule has 0 aliphatic heterocycles. The lowest BCUT2D eigenvalue weighted by Crippen LogP contribution is -2.16. The van der Waals surface area contributed by atoms with Crippen LogP contribution in [0.5, 0.6) is 0 Å². The molecule has 0 unspecified atom stereocenters. The number of carbonyl (C=O) groups excluding carboxylic acids is 1. The summed E-state index contributed by atoms with van der Waals surface area (Å²) in [6.45, 7) is 2.66. The highest BCUT2D eigenvalue weighted by Gasteiger charge is 2.20. The second kappa shape index (κ2) is 6.92. The number of hydrogen-bond donors (Lipinski definition) is 2. The molecule has 0 heterocycles. The van der Waals surface area contributed by atoms with Gasteiger partial charge in [0, 0.05) is 6.54 Å². The van der Waals surface area contributed by atoms with Crippen molar-refractivity contribution in [3.05, 3.63) is 22.7 Å². The van der Waals surface area contributed by atoms with Gasteiger partial charge in [-0.1, -0.05) is 24.9 Å². The average molecular weight is 321 g/mol. The summed E-state index contributed by atoms with van der Waals surface area (Å²) in [4.78, 5) is 11.4. The van der Waals surface area contributed by atoms with Crippen molar-refractivity contribution in [3.8, 4) is 0 Å². The number of esters is 1. The maximum atomic E-state index is 11.7. The van der Waals surface area contributed by atoms with E-state index in [1.165, 1.54) is 13.2 Å². The highest BCUT2D eigenvalue weighted by molar-refractivity contribution is 7.89. The zero-order valence-electron chi connectivity index (χ0n) is 11.3. The van der Waals surface area contributed by atoms with Crippen molar-refractivity contribution in [2.75, 3.05) is 19.0 Å².